The Hall–Kier alpha value is -3.54. The van der Waals surface area contributed by atoms with E-state index in [1.54, 1.807) is 4.90 Å². The molecule has 6 nitrogen and oxygen atoms in total. The van der Waals surface area contributed by atoms with E-state index in [1.165, 1.54) is 5.56 Å². The molecule has 2 unspecified atom stereocenters. The maximum atomic E-state index is 13.4. The zero-order valence-corrected chi connectivity index (χ0v) is 17.6. The van der Waals surface area contributed by atoms with Crippen molar-refractivity contribution in [3.8, 4) is 0 Å². The van der Waals surface area contributed by atoms with Gasteiger partial charge in [-0.05, 0) is 36.8 Å². The quantitative estimate of drug-likeness (QED) is 0.710. The monoisotopic (exact) mass is 414 g/mol. The number of fused-ring (bicyclic) bond motifs is 1. The van der Waals surface area contributed by atoms with Gasteiger partial charge in [0.05, 0.1) is 12.1 Å². The molecule has 5 rings (SSSR count). The lowest BCUT2D eigenvalue weighted by Crippen LogP contribution is -2.50. The standard InChI is InChI=1S/C25H26N4O2/c1-18-9-11-19(12-10-18)24-22-8-5-13-27(22)14-15-28(24)25(31)26-20-16-23(30)29(17-20)21-6-3-2-4-7-21/h2-13,20,24H,14-17H2,1H3,(H,26,31). The molecule has 3 aromatic rings. The number of amides is 3. The Morgan fingerprint density at radius 3 is 2.52 bits per heavy atom. The Bertz CT molecular complexity index is 1090. The highest BCUT2D eigenvalue weighted by molar-refractivity contribution is 5.96. The van der Waals surface area contributed by atoms with Crippen molar-refractivity contribution in [2.75, 3.05) is 18.0 Å². The number of nitrogens with one attached hydrogen (secondary N) is 1. The number of nitrogens with zero attached hydrogens (tertiary/aromatic N) is 3. The molecule has 0 bridgehead atoms. The summed E-state index contributed by atoms with van der Waals surface area (Å²) in [5.74, 6) is 0.0408. The number of aromatic nitrogens is 1. The summed E-state index contributed by atoms with van der Waals surface area (Å²) in [4.78, 5) is 29.6. The van der Waals surface area contributed by atoms with Crippen LogP contribution < -0.4 is 10.2 Å². The van der Waals surface area contributed by atoms with Gasteiger partial charge in [-0.1, -0.05) is 48.0 Å². The summed E-state index contributed by atoms with van der Waals surface area (Å²) >= 11 is 0. The summed E-state index contributed by atoms with van der Waals surface area (Å²) in [7, 11) is 0. The number of carbonyl (C=O) groups is 2. The van der Waals surface area contributed by atoms with Gasteiger partial charge in [0.15, 0.2) is 0 Å². The number of carbonyl (C=O) groups excluding carboxylic acids is 2. The van der Waals surface area contributed by atoms with E-state index in [1.807, 2.05) is 41.3 Å². The molecule has 0 radical (unpaired) electrons. The van der Waals surface area contributed by atoms with E-state index in [0.717, 1.165) is 23.5 Å². The molecular formula is C25H26N4O2. The SMILES string of the molecule is Cc1ccc(C2c3cccn3CCN2C(=O)NC2CC(=O)N(c3ccccc3)C2)cc1. The van der Waals surface area contributed by atoms with Crippen molar-refractivity contribution in [3.05, 3.63) is 89.7 Å². The smallest absolute Gasteiger partial charge is 0.318 e. The molecule has 2 atom stereocenters. The van der Waals surface area contributed by atoms with E-state index in [9.17, 15) is 9.59 Å². The van der Waals surface area contributed by atoms with Crippen LogP contribution in [0.15, 0.2) is 72.9 Å². The van der Waals surface area contributed by atoms with Crippen molar-refractivity contribution < 1.29 is 9.59 Å². The summed E-state index contributed by atoms with van der Waals surface area (Å²) in [5.41, 5.74) is 4.27. The van der Waals surface area contributed by atoms with Crippen LogP contribution in [0.5, 0.6) is 0 Å². The summed E-state index contributed by atoms with van der Waals surface area (Å²) in [5, 5.41) is 3.13. The van der Waals surface area contributed by atoms with Gasteiger partial charge in [0.25, 0.3) is 0 Å². The van der Waals surface area contributed by atoms with Crippen LogP contribution in [0.3, 0.4) is 0 Å². The molecule has 0 aliphatic carbocycles. The Labute approximate surface area is 182 Å². The second-order valence-corrected chi connectivity index (χ2v) is 8.32. The fourth-order valence-electron chi connectivity index (χ4n) is 4.62. The van der Waals surface area contributed by atoms with Gasteiger partial charge in [-0.15, -0.1) is 0 Å². The van der Waals surface area contributed by atoms with Gasteiger partial charge >= 0.3 is 6.03 Å². The Balaban J connectivity index is 1.36. The molecule has 2 aliphatic heterocycles. The average Bonchev–Trinajstić information content (AvgIpc) is 3.40. The maximum absolute atomic E-state index is 13.4. The first-order chi connectivity index (χ1) is 15.1. The number of urea groups is 1. The lowest BCUT2D eigenvalue weighted by atomic mass is 9.99. The van der Waals surface area contributed by atoms with Gasteiger partial charge in [-0.2, -0.15) is 0 Å². The lowest BCUT2D eigenvalue weighted by molar-refractivity contribution is -0.117. The number of benzene rings is 2. The summed E-state index contributed by atoms with van der Waals surface area (Å²) < 4.78 is 2.21. The van der Waals surface area contributed by atoms with E-state index in [2.05, 4.69) is 53.3 Å². The van der Waals surface area contributed by atoms with Crippen molar-refractivity contribution in [2.24, 2.45) is 0 Å². The van der Waals surface area contributed by atoms with Crippen LogP contribution in [0.1, 0.15) is 29.3 Å². The Morgan fingerprint density at radius 1 is 0.968 bits per heavy atom. The minimum Gasteiger partial charge on any atom is -0.348 e. The van der Waals surface area contributed by atoms with Crippen molar-refractivity contribution in [3.63, 3.8) is 0 Å². The highest BCUT2D eigenvalue weighted by Gasteiger charge is 2.36. The molecule has 2 aromatic carbocycles. The molecule has 1 fully saturated rings. The van der Waals surface area contributed by atoms with Gasteiger partial charge < -0.3 is 19.7 Å². The van der Waals surface area contributed by atoms with Gasteiger partial charge in [0.2, 0.25) is 5.91 Å². The van der Waals surface area contributed by atoms with Crippen LogP contribution in [-0.4, -0.2) is 40.5 Å². The summed E-state index contributed by atoms with van der Waals surface area (Å²) in [6.45, 7) is 3.94. The topological polar surface area (TPSA) is 57.6 Å². The van der Waals surface area contributed by atoms with Crippen LogP contribution in [0.4, 0.5) is 10.5 Å². The van der Waals surface area contributed by atoms with Gasteiger partial charge in [-0.3, -0.25) is 4.79 Å². The van der Waals surface area contributed by atoms with Crippen LogP contribution in [-0.2, 0) is 11.3 Å². The van der Waals surface area contributed by atoms with Gasteiger partial charge in [0, 0.05) is 43.6 Å². The first-order valence-electron chi connectivity index (χ1n) is 10.7. The third-order valence-corrected chi connectivity index (χ3v) is 6.21. The Kier molecular flexibility index (Phi) is 4.98. The van der Waals surface area contributed by atoms with Crippen molar-refractivity contribution >= 4 is 17.6 Å². The second kappa shape index (κ2) is 7.95. The van der Waals surface area contributed by atoms with E-state index >= 15 is 0 Å². The zero-order chi connectivity index (χ0) is 21.4. The molecule has 0 spiro atoms. The lowest BCUT2D eigenvalue weighted by Gasteiger charge is -2.38. The van der Waals surface area contributed by atoms with Gasteiger partial charge in [-0.25, -0.2) is 4.79 Å². The van der Waals surface area contributed by atoms with Crippen LogP contribution in [0, 0.1) is 6.92 Å². The first kappa shape index (κ1) is 19.4. The molecule has 31 heavy (non-hydrogen) atoms. The normalized spacial score (nSPS) is 20.6. The Morgan fingerprint density at radius 2 is 1.74 bits per heavy atom. The first-order valence-corrected chi connectivity index (χ1v) is 10.7. The van der Waals surface area contributed by atoms with Crippen molar-refractivity contribution in [1.29, 1.82) is 0 Å². The molecule has 158 valence electrons. The van der Waals surface area contributed by atoms with E-state index in [-0.39, 0.29) is 24.0 Å². The molecule has 2 aliphatic rings. The van der Waals surface area contributed by atoms with Crippen molar-refractivity contribution in [2.45, 2.75) is 32.0 Å². The highest BCUT2D eigenvalue weighted by atomic mass is 16.2. The molecule has 1 N–H and O–H groups in total. The molecule has 1 saturated heterocycles. The summed E-state index contributed by atoms with van der Waals surface area (Å²) in [6, 6.07) is 21.6. The van der Waals surface area contributed by atoms with Crippen LogP contribution in [0.25, 0.3) is 0 Å². The third kappa shape index (κ3) is 3.69. The predicted molar refractivity (Wildman–Crippen MR) is 120 cm³/mol. The van der Waals surface area contributed by atoms with E-state index in [4.69, 9.17) is 0 Å². The van der Waals surface area contributed by atoms with E-state index in [0.29, 0.717) is 19.5 Å². The average molecular weight is 415 g/mol. The number of anilines is 1. The molecule has 0 saturated carbocycles. The number of hydrogen-bond acceptors (Lipinski definition) is 2. The maximum Gasteiger partial charge on any atom is 0.318 e. The minimum atomic E-state index is -0.201. The fourth-order valence-corrected chi connectivity index (χ4v) is 4.62. The minimum absolute atomic E-state index is 0.0408. The largest absolute Gasteiger partial charge is 0.348 e. The molecule has 3 amide bonds. The van der Waals surface area contributed by atoms with Crippen LogP contribution in [0.2, 0.25) is 0 Å². The second-order valence-electron chi connectivity index (χ2n) is 8.32. The van der Waals surface area contributed by atoms with Gasteiger partial charge in [0.1, 0.15) is 0 Å². The molecule has 1 aromatic heterocycles. The van der Waals surface area contributed by atoms with Crippen LogP contribution >= 0.6 is 0 Å². The van der Waals surface area contributed by atoms with E-state index < -0.39 is 0 Å². The molecule has 3 heterocycles. The number of hydrogen-bond donors (Lipinski definition) is 1. The molecular weight excluding hydrogens is 388 g/mol. The highest BCUT2D eigenvalue weighted by Crippen LogP contribution is 2.33. The zero-order valence-electron chi connectivity index (χ0n) is 17.6. The summed E-state index contributed by atoms with van der Waals surface area (Å²) in [6.07, 6.45) is 2.39. The number of rotatable bonds is 3. The van der Waals surface area contributed by atoms with Crippen molar-refractivity contribution in [1.82, 2.24) is 14.8 Å². The molecule has 6 heteroatoms. The number of aryl methyl sites for hydroxylation is 1. The number of para-hydroxylation sites is 1. The fraction of sp³-hybridized carbons (Fsp3) is 0.280. The predicted octanol–water partition coefficient (Wildman–Crippen LogP) is 3.72. The third-order valence-electron chi connectivity index (χ3n) is 6.21.